The van der Waals surface area contributed by atoms with E-state index in [1.54, 1.807) is 18.6 Å². The molecule has 0 atom stereocenters. The van der Waals surface area contributed by atoms with Crippen molar-refractivity contribution in [1.29, 1.82) is 0 Å². The summed E-state index contributed by atoms with van der Waals surface area (Å²) in [6, 6.07) is 11.7. The van der Waals surface area contributed by atoms with Crippen molar-refractivity contribution >= 4 is 11.9 Å². The SMILES string of the molecule is CC(C)Oc1ccc(CN2CC(=O)NCCCCCOc3ccc(CC(=O)O)cc3C2)cc1Cn1ccnc1. The summed E-state index contributed by atoms with van der Waals surface area (Å²) in [4.78, 5) is 30.5. The first-order valence-corrected chi connectivity index (χ1v) is 13.6. The van der Waals surface area contributed by atoms with Crippen LogP contribution in [0.2, 0.25) is 0 Å². The Morgan fingerprint density at radius 2 is 1.95 bits per heavy atom. The number of aromatic nitrogens is 2. The van der Waals surface area contributed by atoms with Gasteiger partial charge in [-0.15, -0.1) is 0 Å². The average Bonchev–Trinajstić information content (AvgIpc) is 3.38. The number of imidazole rings is 1. The number of aliphatic carboxylic acids is 1. The highest BCUT2D eigenvalue weighted by molar-refractivity contribution is 5.78. The lowest BCUT2D eigenvalue weighted by Crippen LogP contribution is -2.37. The number of carbonyl (C=O) groups is 2. The van der Waals surface area contributed by atoms with Crippen molar-refractivity contribution in [3.05, 3.63) is 77.4 Å². The van der Waals surface area contributed by atoms with Gasteiger partial charge in [-0.1, -0.05) is 18.2 Å². The van der Waals surface area contributed by atoms with Crippen LogP contribution in [0.25, 0.3) is 0 Å². The molecule has 9 heteroatoms. The third-order valence-corrected chi connectivity index (χ3v) is 6.45. The highest BCUT2D eigenvalue weighted by Crippen LogP contribution is 2.26. The molecule has 1 aromatic heterocycles. The van der Waals surface area contributed by atoms with E-state index in [4.69, 9.17) is 9.47 Å². The summed E-state index contributed by atoms with van der Waals surface area (Å²) in [7, 11) is 0. The van der Waals surface area contributed by atoms with Gasteiger partial charge in [0.2, 0.25) is 5.91 Å². The second kappa shape index (κ2) is 13.8. The van der Waals surface area contributed by atoms with E-state index in [0.29, 0.717) is 38.3 Å². The maximum Gasteiger partial charge on any atom is 0.307 e. The number of fused-ring (bicyclic) bond motifs is 1. The number of ether oxygens (including phenoxy) is 2. The van der Waals surface area contributed by atoms with Crippen molar-refractivity contribution < 1.29 is 24.2 Å². The molecule has 2 aromatic carbocycles. The van der Waals surface area contributed by atoms with Gasteiger partial charge in [0.15, 0.2) is 0 Å². The van der Waals surface area contributed by atoms with Crippen molar-refractivity contribution in [3.8, 4) is 11.5 Å². The van der Waals surface area contributed by atoms with E-state index in [1.165, 1.54) is 0 Å². The van der Waals surface area contributed by atoms with Crippen molar-refractivity contribution in [2.24, 2.45) is 0 Å². The first-order chi connectivity index (χ1) is 18.9. The zero-order valence-electron chi connectivity index (χ0n) is 22.8. The number of hydrogen-bond donors (Lipinski definition) is 2. The lowest BCUT2D eigenvalue weighted by atomic mass is 10.1. The lowest BCUT2D eigenvalue weighted by Gasteiger charge is -2.24. The molecule has 3 aromatic rings. The second-order valence-corrected chi connectivity index (χ2v) is 10.3. The van der Waals surface area contributed by atoms with E-state index in [-0.39, 0.29) is 25.0 Å². The largest absolute Gasteiger partial charge is 0.493 e. The van der Waals surface area contributed by atoms with E-state index in [2.05, 4.69) is 21.3 Å². The summed E-state index contributed by atoms with van der Waals surface area (Å²) in [5.74, 6) is 0.639. The maximum atomic E-state index is 12.9. The molecule has 0 saturated carbocycles. The van der Waals surface area contributed by atoms with Gasteiger partial charge < -0.3 is 24.5 Å². The first-order valence-electron chi connectivity index (χ1n) is 13.6. The summed E-state index contributed by atoms with van der Waals surface area (Å²) in [6.07, 6.45) is 8.17. The Morgan fingerprint density at radius 3 is 2.72 bits per heavy atom. The molecule has 0 unspecified atom stereocenters. The monoisotopic (exact) mass is 534 g/mol. The lowest BCUT2D eigenvalue weighted by molar-refractivity contribution is -0.136. The third kappa shape index (κ3) is 8.85. The zero-order chi connectivity index (χ0) is 27.6. The van der Waals surface area contributed by atoms with Crippen LogP contribution in [0.4, 0.5) is 0 Å². The number of rotatable bonds is 8. The number of amides is 1. The van der Waals surface area contributed by atoms with Crippen LogP contribution in [0.5, 0.6) is 11.5 Å². The highest BCUT2D eigenvalue weighted by Gasteiger charge is 2.18. The van der Waals surface area contributed by atoms with E-state index in [1.807, 2.05) is 48.9 Å². The number of carboxylic acid groups (broad SMARTS) is 1. The van der Waals surface area contributed by atoms with Gasteiger partial charge in [0.25, 0.3) is 0 Å². The van der Waals surface area contributed by atoms with Crippen LogP contribution >= 0.6 is 0 Å². The van der Waals surface area contributed by atoms with Gasteiger partial charge in [-0.25, -0.2) is 4.98 Å². The summed E-state index contributed by atoms with van der Waals surface area (Å²) in [5.41, 5.74) is 3.65. The minimum atomic E-state index is -0.883. The van der Waals surface area contributed by atoms with E-state index in [0.717, 1.165) is 47.5 Å². The Kier molecular flexibility index (Phi) is 9.97. The molecule has 2 N–H and O–H groups in total. The summed E-state index contributed by atoms with van der Waals surface area (Å²) < 4.78 is 14.2. The molecule has 2 heterocycles. The van der Waals surface area contributed by atoms with Gasteiger partial charge in [0, 0.05) is 43.2 Å². The number of carbonyl (C=O) groups excluding carboxylic acids is 1. The van der Waals surface area contributed by atoms with Crippen LogP contribution in [-0.2, 0) is 35.6 Å². The van der Waals surface area contributed by atoms with Crippen LogP contribution in [0.3, 0.4) is 0 Å². The number of carboxylic acids is 1. The van der Waals surface area contributed by atoms with Crippen LogP contribution < -0.4 is 14.8 Å². The fourth-order valence-electron chi connectivity index (χ4n) is 4.72. The smallest absolute Gasteiger partial charge is 0.307 e. The molecule has 39 heavy (non-hydrogen) atoms. The molecule has 1 aliphatic heterocycles. The predicted octanol–water partition coefficient (Wildman–Crippen LogP) is 4.03. The van der Waals surface area contributed by atoms with Gasteiger partial charge in [-0.2, -0.15) is 0 Å². The number of hydrogen-bond acceptors (Lipinski definition) is 6. The van der Waals surface area contributed by atoms with E-state index in [9.17, 15) is 14.7 Å². The molecule has 9 nitrogen and oxygen atoms in total. The Balaban J connectivity index is 1.63. The highest BCUT2D eigenvalue weighted by atomic mass is 16.5. The Labute approximate surface area is 229 Å². The maximum absolute atomic E-state index is 12.9. The summed E-state index contributed by atoms with van der Waals surface area (Å²) in [6.45, 7) is 7.02. The van der Waals surface area contributed by atoms with Crippen molar-refractivity contribution in [3.63, 3.8) is 0 Å². The van der Waals surface area contributed by atoms with Gasteiger partial charge in [-0.3, -0.25) is 14.5 Å². The summed E-state index contributed by atoms with van der Waals surface area (Å²) in [5, 5.41) is 12.4. The molecule has 0 fully saturated rings. The molecule has 0 aliphatic carbocycles. The van der Waals surface area contributed by atoms with Crippen molar-refractivity contribution in [2.75, 3.05) is 19.7 Å². The van der Waals surface area contributed by atoms with Crippen molar-refractivity contribution in [2.45, 2.75) is 65.3 Å². The van der Waals surface area contributed by atoms with Crippen molar-refractivity contribution in [1.82, 2.24) is 19.8 Å². The molecule has 4 rings (SSSR count). The molecular formula is C30H38N4O5. The number of nitrogens with zero attached hydrogens (tertiary/aromatic N) is 3. The number of benzene rings is 2. The molecule has 208 valence electrons. The molecule has 0 bridgehead atoms. The molecule has 0 saturated heterocycles. The minimum absolute atomic E-state index is 0.0307. The van der Waals surface area contributed by atoms with E-state index < -0.39 is 5.97 Å². The molecule has 0 spiro atoms. The van der Waals surface area contributed by atoms with Crippen LogP contribution in [-0.4, -0.2) is 57.2 Å². The van der Waals surface area contributed by atoms with Crippen LogP contribution in [0, 0.1) is 0 Å². The third-order valence-electron chi connectivity index (χ3n) is 6.45. The van der Waals surface area contributed by atoms with Crippen LogP contribution in [0.1, 0.15) is 55.4 Å². The van der Waals surface area contributed by atoms with Gasteiger partial charge >= 0.3 is 5.97 Å². The zero-order valence-corrected chi connectivity index (χ0v) is 22.8. The fraction of sp³-hybridized carbons (Fsp3) is 0.433. The first kappa shape index (κ1) is 28.2. The molecular weight excluding hydrogens is 496 g/mol. The van der Waals surface area contributed by atoms with Gasteiger partial charge in [0.1, 0.15) is 11.5 Å². The van der Waals surface area contributed by atoms with Gasteiger partial charge in [-0.05, 0) is 62.4 Å². The quantitative estimate of drug-likeness (QED) is 0.450. The topological polar surface area (TPSA) is 106 Å². The summed E-state index contributed by atoms with van der Waals surface area (Å²) >= 11 is 0. The number of nitrogens with one attached hydrogen (secondary N) is 1. The Hall–Kier alpha value is -3.85. The average molecular weight is 535 g/mol. The molecule has 0 radical (unpaired) electrons. The molecule has 1 aliphatic rings. The minimum Gasteiger partial charge on any atom is -0.493 e. The fourth-order valence-corrected chi connectivity index (χ4v) is 4.72. The standard InChI is InChI=1S/C30H38N4O5/c1-22(2)39-28-9-7-24(15-26(28)18-33-12-11-31-21-33)17-34-19-25-14-23(16-30(36)37)6-8-27(25)38-13-5-3-4-10-32-29(35)20-34/h6-9,11-12,14-15,21-22H,3-5,10,13,16-20H2,1-2H3,(H,32,35)(H,36,37). The van der Waals surface area contributed by atoms with E-state index >= 15 is 0 Å². The predicted molar refractivity (Wildman–Crippen MR) is 148 cm³/mol. The Morgan fingerprint density at radius 1 is 1.10 bits per heavy atom. The second-order valence-electron chi connectivity index (χ2n) is 10.3. The Bertz CT molecular complexity index is 1240. The van der Waals surface area contributed by atoms with Crippen LogP contribution in [0.15, 0.2) is 55.1 Å². The normalized spacial score (nSPS) is 15.3. The molecule has 1 amide bonds. The van der Waals surface area contributed by atoms with Gasteiger partial charge in [0.05, 0.1) is 38.5 Å².